The van der Waals surface area contributed by atoms with E-state index in [1.165, 1.54) is 28.3 Å². The summed E-state index contributed by atoms with van der Waals surface area (Å²) in [5.41, 5.74) is 5.61. The molecule has 4 nitrogen and oxygen atoms in total. The van der Waals surface area contributed by atoms with Gasteiger partial charge in [-0.2, -0.15) is 5.26 Å². The van der Waals surface area contributed by atoms with Crippen molar-refractivity contribution in [2.45, 2.75) is 53.4 Å². The lowest BCUT2D eigenvalue weighted by molar-refractivity contribution is -0.139. The van der Waals surface area contributed by atoms with Crippen molar-refractivity contribution in [3.63, 3.8) is 0 Å². The normalized spacial score (nSPS) is 15.8. The van der Waals surface area contributed by atoms with Gasteiger partial charge in [-0.15, -0.1) is 11.3 Å². The zero-order valence-electron chi connectivity index (χ0n) is 18.9. The number of nitrogens with zero attached hydrogens (tertiary/aromatic N) is 2. The van der Waals surface area contributed by atoms with Gasteiger partial charge >= 0.3 is 0 Å². The predicted octanol–water partition coefficient (Wildman–Crippen LogP) is 6.19. The second-order valence-electron chi connectivity index (χ2n) is 8.42. The molecule has 0 spiro atoms. The molecular formula is C26H28N2O2S. The minimum Gasteiger partial charge on any atom is -0.274 e. The van der Waals surface area contributed by atoms with Crippen LogP contribution >= 0.6 is 11.3 Å². The molecule has 160 valence electrons. The second-order valence-corrected chi connectivity index (χ2v) is 9.53. The highest BCUT2D eigenvalue weighted by atomic mass is 32.1. The molecular weight excluding hydrogens is 404 g/mol. The third-order valence-corrected chi connectivity index (χ3v) is 6.73. The molecule has 5 heteroatoms. The van der Waals surface area contributed by atoms with E-state index in [1.807, 2.05) is 12.1 Å². The Morgan fingerprint density at radius 1 is 1.06 bits per heavy atom. The Labute approximate surface area is 188 Å². The number of rotatable bonds is 5. The van der Waals surface area contributed by atoms with E-state index in [1.54, 1.807) is 24.3 Å². The topological polar surface area (TPSA) is 61.2 Å². The Morgan fingerprint density at radius 2 is 1.68 bits per heavy atom. The highest BCUT2D eigenvalue weighted by Gasteiger charge is 2.30. The van der Waals surface area contributed by atoms with Gasteiger partial charge in [0.05, 0.1) is 0 Å². The Balaban J connectivity index is 2.05. The van der Waals surface area contributed by atoms with Crippen molar-refractivity contribution in [3.8, 4) is 16.5 Å². The zero-order chi connectivity index (χ0) is 22.9. The van der Waals surface area contributed by atoms with Crippen molar-refractivity contribution >= 4 is 29.2 Å². The summed E-state index contributed by atoms with van der Waals surface area (Å²) in [5, 5.41) is 9.26. The molecule has 3 rings (SSSR count). The summed E-state index contributed by atoms with van der Waals surface area (Å²) < 4.78 is 0. The number of likely N-dealkylation sites (N-methyl/N-ethyl adjacent to an activating group) is 1. The van der Waals surface area contributed by atoms with E-state index in [4.69, 9.17) is 0 Å². The largest absolute Gasteiger partial charge is 0.274 e. The minimum atomic E-state index is -0.527. The van der Waals surface area contributed by atoms with Crippen LogP contribution in [0, 0.1) is 18.3 Å². The maximum absolute atomic E-state index is 12.7. The lowest BCUT2D eigenvalue weighted by Crippen LogP contribution is -2.40. The molecule has 0 atom stereocenters. The van der Waals surface area contributed by atoms with E-state index in [-0.39, 0.29) is 18.0 Å². The van der Waals surface area contributed by atoms with E-state index >= 15 is 0 Å². The van der Waals surface area contributed by atoms with E-state index in [9.17, 15) is 14.9 Å². The number of hydrogen-bond donors (Lipinski definition) is 0. The van der Waals surface area contributed by atoms with Crippen LogP contribution in [0.3, 0.4) is 0 Å². The molecule has 2 heterocycles. The number of carbonyl (C=O) groups excluding carboxylic acids is 2. The van der Waals surface area contributed by atoms with Crippen LogP contribution in [0.15, 0.2) is 41.5 Å². The summed E-state index contributed by atoms with van der Waals surface area (Å²) >= 11 is 1.60. The zero-order valence-corrected chi connectivity index (χ0v) is 19.8. The molecule has 0 N–H and O–H groups in total. The number of imide groups is 1. The molecule has 0 radical (unpaired) electrons. The lowest BCUT2D eigenvalue weighted by Gasteiger charge is -2.22. The van der Waals surface area contributed by atoms with E-state index in [0.717, 1.165) is 14.7 Å². The molecule has 0 saturated heterocycles. The summed E-state index contributed by atoms with van der Waals surface area (Å²) in [4.78, 5) is 28.0. The van der Waals surface area contributed by atoms with Gasteiger partial charge in [0, 0.05) is 21.9 Å². The van der Waals surface area contributed by atoms with Gasteiger partial charge < -0.3 is 0 Å². The highest BCUT2D eigenvalue weighted by molar-refractivity contribution is 7.16. The number of nitriles is 1. The Morgan fingerprint density at radius 3 is 2.19 bits per heavy atom. The van der Waals surface area contributed by atoms with Gasteiger partial charge in [0.1, 0.15) is 11.6 Å². The van der Waals surface area contributed by atoms with Gasteiger partial charge in [0.25, 0.3) is 11.8 Å². The molecule has 0 bridgehead atoms. The van der Waals surface area contributed by atoms with Gasteiger partial charge in [0.2, 0.25) is 0 Å². The van der Waals surface area contributed by atoms with E-state index < -0.39 is 5.91 Å². The van der Waals surface area contributed by atoms with Gasteiger partial charge in [0.15, 0.2) is 0 Å². The molecule has 1 aromatic heterocycles. The SMILES string of the molecule is CCN1C(=O)C(C#N)=C/C(=C/c2ccc(-c3cc(C(C)C)c(C)c(C(C)C)c3)s2)C1=O. The molecule has 0 unspecified atom stereocenters. The quantitative estimate of drug-likeness (QED) is 0.418. The van der Waals surface area contributed by atoms with Crippen LogP contribution in [0.4, 0.5) is 0 Å². The third-order valence-electron chi connectivity index (χ3n) is 5.65. The van der Waals surface area contributed by atoms with Gasteiger partial charge in [-0.25, -0.2) is 0 Å². The molecule has 1 aromatic carbocycles. The van der Waals surface area contributed by atoms with Crippen molar-refractivity contribution in [2.24, 2.45) is 0 Å². The average Bonchev–Trinajstić information content (AvgIpc) is 3.18. The second kappa shape index (κ2) is 9.03. The van der Waals surface area contributed by atoms with Crippen molar-refractivity contribution in [3.05, 3.63) is 63.1 Å². The van der Waals surface area contributed by atoms with Gasteiger partial charge in [-0.05, 0) is 84.4 Å². The average molecular weight is 433 g/mol. The maximum atomic E-state index is 12.7. The number of amides is 2. The lowest BCUT2D eigenvalue weighted by atomic mass is 9.87. The fourth-order valence-corrected chi connectivity index (χ4v) is 4.93. The monoisotopic (exact) mass is 432 g/mol. The van der Waals surface area contributed by atoms with Crippen LogP contribution in [0.5, 0.6) is 0 Å². The summed E-state index contributed by atoms with van der Waals surface area (Å²) in [6, 6.07) is 10.5. The van der Waals surface area contributed by atoms with Crippen LogP contribution in [0.2, 0.25) is 0 Å². The first-order valence-corrected chi connectivity index (χ1v) is 11.4. The van der Waals surface area contributed by atoms with Gasteiger partial charge in [-0.3, -0.25) is 14.5 Å². The first kappa shape index (κ1) is 22.7. The number of hydrogen-bond acceptors (Lipinski definition) is 4. The molecule has 0 fully saturated rings. The Bertz CT molecular complexity index is 1110. The molecule has 1 aliphatic heterocycles. The Kier molecular flexibility index (Phi) is 6.62. The van der Waals surface area contributed by atoms with Gasteiger partial charge in [-0.1, -0.05) is 27.7 Å². The molecule has 1 aliphatic rings. The first-order valence-electron chi connectivity index (χ1n) is 10.6. The maximum Gasteiger partial charge on any atom is 0.271 e. The van der Waals surface area contributed by atoms with Crippen LogP contribution in [0.1, 0.15) is 68.0 Å². The van der Waals surface area contributed by atoms with Crippen molar-refractivity contribution in [1.82, 2.24) is 4.90 Å². The molecule has 31 heavy (non-hydrogen) atoms. The predicted molar refractivity (Wildman–Crippen MR) is 127 cm³/mol. The van der Waals surface area contributed by atoms with Crippen molar-refractivity contribution in [1.29, 1.82) is 5.26 Å². The standard InChI is InChI=1S/C26H28N2O2S/c1-7-28-25(29)19(10-20(14-27)26(28)30)11-21-8-9-24(31-21)18-12-22(15(2)3)17(6)23(13-18)16(4)5/h8-13,15-16H,7H2,1-6H3/b19-11-. The van der Waals surface area contributed by atoms with Crippen LogP contribution < -0.4 is 0 Å². The van der Waals surface area contributed by atoms with Crippen molar-refractivity contribution in [2.75, 3.05) is 6.54 Å². The Hall–Kier alpha value is -2.97. The summed E-state index contributed by atoms with van der Waals surface area (Å²) in [5.74, 6) is -0.0148. The first-order chi connectivity index (χ1) is 14.7. The highest BCUT2D eigenvalue weighted by Crippen LogP contribution is 2.36. The summed E-state index contributed by atoms with van der Waals surface area (Å²) in [6.45, 7) is 13.0. The summed E-state index contributed by atoms with van der Waals surface area (Å²) in [7, 11) is 0. The molecule has 2 aromatic rings. The van der Waals surface area contributed by atoms with Crippen LogP contribution in [0.25, 0.3) is 16.5 Å². The van der Waals surface area contributed by atoms with E-state index in [0.29, 0.717) is 17.4 Å². The molecule has 0 aliphatic carbocycles. The van der Waals surface area contributed by atoms with Crippen molar-refractivity contribution < 1.29 is 9.59 Å². The van der Waals surface area contributed by atoms with E-state index in [2.05, 4.69) is 52.8 Å². The smallest absolute Gasteiger partial charge is 0.271 e. The fraction of sp³-hybridized carbons (Fsp3) is 0.346. The number of thiophene rings is 1. The number of carbonyl (C=O) groups is 2. The van der Waals surface area contributed by atoms with Crippen LogP contribution in [-0.2, 0) is 9.59 Å². The number of benzene rings is 1. The summed E-state index contributed by atoms with van der Waals surface area (Å²) in [6.07, 6.45) is 3.17. The molecule has 2 amide bonds. The fourth-order valence-electron chi connectivity index (χ4n) is 3.98. The minimum absolute atomic E-state index is 0.00818. The third kappa shape index (κ3) is 4.40. The van der Waals surface area contributed by atoms with Crippen LogP contribution in [-0.4, -0.2) is 23.3 Å². The molecule has 0 saturated carbocycles.